The van der Waals surface area contributed by atoms with E-state index in [1.807, 2.05) is 6.92 Å². The van der Waals surface area contributed by atoms with E-state index in [0.29, 0.717) is 5.01 Å². The Morgan fingerprint density at radius 2 is 2.07 bits per heavy atom. The molecule has 15 heavy (non-hydrogen) atoms. The van der Waals surface area contributed by atoms with Gasteiger partial charge in [0.1, 0.15) is 10.0 Å². The fourth-order valence-electron chi connectivity index (χ4n) is 0.915. The summed E-state index contributed by atoms with van der Waals surface area (Å²) in [6.07, 6.45) is -5.05. The highest BCUT2D eigenvalue weighted by molar-refractivity contribution is 7.11. The third kappa shape index (κ3) is 4.13. The predicted molar refractivity (Wildman–Crippen MR) is 51.8 cm³/mol. The fraction of sp³-hybridized carbons (Fsp3) is 0.750. The lowest BCUT2D eigenvalue weighted by Crippen LogP contribution is -2.11. The molecule has 1 unspecified atom stereocenters. The Hall–Kier alpha value is -0.690. The van der Waals surface area contributed by atoms with Gasteiger partial charge in [-0.05, 0) is 14.0 Å². The van der Waals surface area contributed by atoms with Crippen LogP contribution in [0.1, 0.15) is 29.4 Å². The number of halogens is 3. The van der Waals surface area contributed by atoms with Crippen molar-refractivity contribution < 1.29 is 13.2 Å². The van der Waals surface area contributed by atoms with E-state index in [2.05, 4.69) is 15.5 Å². The van der Waals surface area contributed by atoms with Crippen LogP contribution >= 0.6 is 11.3 Å². The second-order valence-corrected chi connectivity index (χ2v) is 4.25. The summed E-state index contributed by atoms with van der Waals surface area (Å²) in [5.41, 5.74) is 0. The number of aromatic nitrogens is 2. The highest BCUT2D eigenvalue weighted by Crippen LogP contribution is 2.24. The zero-order valence-electron chi connectivity index (χ0n) is 8.43. The molecule has 0 aliphatic rings. The van der Waals surface area contributed by atoms with E-state index in [9.17, 15) is 13.2 Å². The van der Waals surface area contributed by atoms with E-state index in [4.69, 9.17) is 0 Å². The Kier molecular flexibility index (Phi) is 4.04. The van der Waals surface area contributed by atoms with Crippen molar-refractivity contribution in [2.45, 2.75) is 32.0 Å². The summed E-state index contributed by atoms with van der Waals surface area (Å²) in [6.45, 7) is 1.88. The molecule has 86 valence electrons. The number of nitrogens with zero attached hydrogens (tertiary/aromatic N) is 2. The molecule has 7 heteroatoms. The van der Waals surface area contributed by atoms with Gasteiger partial charge >= 0.3 is 6.18 Å². The molecule has 1 rings (SSSR count). The second-order valence-electron chi connectivity index (χ2n) is 3.16. The Morgan fingerprint density at radius 1 is 1.40 bits per heavy atom. The topological polar surface area (TPSA) is 37.8 Å². The van der Waals surface area contributed by atoms with Crippen LogP contribution in [-0.2, 0) is 6.42 Å². The summed E-state index contributed by atoms with van der Waals surface area (Å²) in [7, 11) is 1.77. The van der Waals surface area contributed by atoms with Crippen molar-refractivity contribution in [1.82, 2.24) is 15.5 Å². The third-order valence-electron chi connectivity index (χ3n) is 1.91. The molecule has 1 heterocycles. The van der Waals surface area contributed by atoms with Gasteiger partial charge in [-0.15, -0.1) is 10.2 Å². The summed E-state index contributed by atoms with van der Waals surface area (Å²) in [6, 6.07) is 0.0298. The highest BCUT2D eigenvalue weighted by atomic mass is 32.1. The van der Waals surface area contributed by atoms with E-state index in [1.165, 1.54) is 11.3 Å². The molecule has 0 radical (unpaired) electrons. The van der Waals surface area contributed by atoms with Crippen LogP contribution in [0.3, 0.4) is 0 Å². The molecule has 1 aromatic rings. The Bertz CT molecular complexity index is 310. The molecule has 3 nitrogen and oxygen atoms in total. The van der Waals surface area contributed by atoms with Gasteiger partial charge in [0.15, 0.2) is 0 Å². The van der Waals surface area contributed by atoms with Crippen LogP contribution < -0.4 is 5.32 Å². The number of aryl methyl sites for hydroxylation is 1. The van der Waals surface area contributed by atoms with Crippen molar-refractivity contribution in [2.24, 2.45) is 0 Å². The number of nitrogens with one attached hydrogen (secondary N) is 1. The molecule has 0 aliphatic heterocycles. The minimum absolute atomic E-state index is 0.0298. The minimum atomic E-state index is -4.12. The van der Waals surface area contributed by atoms with Crippen LogP contribution in [0.2, 0.25) is 0 Å². The quantitative estimate of drug-likeness (QED) is 0.876. The first kappa shape index (κ1) is 12.4. The first-order valence-corrected chi connectivity index (χ1v) is 5.30. The van der Waals surface area contributed by atoms with Crippen molar-refractivity contribution >= 4 is 11.3 Å². The van der Waals surface area contributed by atoms with Crippen molar-refractivity contribution in [3.05, 3.63) is 10.0 Å². The Morgan fingerprint density at radius 3 is 2.60 bits per heavy atom. The van der Waals surface area contributed by atoms with Gasteiger partial charge in [-0.25, -0.2) is 0 Å². The molecule has 1 N–H and O–H groups in total. The SMILES string of the molecule is CNC(C)c1nnc(CCC(F)(F)F)s1. The molecule has 0 spiro atoms. The molecule has 1 atom stereocenters. The van der Waals surface area contributed by atoms with Crippen molar-refractivity contribution in [1.29, 1.82) is 0 Å². The first-order valence-electron chi connectivity index (χ1n) is 4.48. The summed E-state index contributed by atoms with van der Waals surface area (Å²) >= 11 is 1.22. The highest BCUT2D eigenvalue weighted by Gasteiger charge is 2.27. The van der Waals surface area contributed by atoms with Crippen LogP contribution in [0.4, 0.5) is 13.2 Å². The van der Waals surface area contributed by atoms with Gasteiger partial charge in [-0.1, -0.05) is 11.3 Å². The average Bonchev–Trinajstić information content (AvgIpc) is 2.61. The number of rotatable bonds is 4. The monoisotopic (exact) mass is 239 g/mol. The van der Waals surface area contributed by atoms with E-state index < -0.39 is 12.6 Å². The zero-order valence-corrected chi connectivity index (χ0v) is 9.24. The summed E-state index contributed by atoms with van der Waals surface area (Å²) in [5, 5.41) is 11.6. The van der Waals surface area contributed by atoms with E-state index in [1.54, 1.807) is 7.05 Å². The fourth-order valence-corrected chi connectivity index (χ4v) is 1.82. The lowest BCUT2D eigenvalue weighted by Gasteiger charge is -2.03. The zero-order chi connectivity index (χ0) is 11.5. The Balaban J connectivity index is 2.53. The molecule has 0 saturated carbocycles. The molecule has 0 aliphatic carbocycles. The van der Waals surface area contributed by atoms with Crippen molar-refractivity contribution in [2.75, 3.05) is 7.05 Å². The predicted octanol–water partition coefficient (Wildman–Crippen LogP) is 2.31. The molecule has 1 aromatic heterocycles. The number of hydrogen-bond acceptors (Lipinski definition) is 4. The Labute approximate surface area is 89.7 Å². The van der Waals surface area contributed by atoms with Crippen LogP contribution in [0.25, 0.3) is 0 Å². The maximum absolute atomic E-state index is 11.9. The van der Waals surface area contributed by atoms with Crippen LogP contribution in [0, 0.1) is 0 Å². The van der Waals surface area contributed by atoms with Crippen LogP contribution in [0.5, 0.6) is 0 Å². The van der Waals surface area contributed by atoms with Gasteiger partial charge in [0, 0.05) is 12.8 Å². The normalized spacial score (nSPS) is 14.2. The van der Waals surface area contributed by atoms with Gasteiger partial charge in [-0.2, -0.15) is 13.2 Å². The van der Waals surface area contributed by atoms with Gasteiger partial charge in [0.05, 0.1) is 6.04 Å². The van der Waals surface area contributed by atoms with Gasteiger partial charge < -0.3 is 5.32 Å². The maximum atomic E-state index is 11.9. The molecule has 0 bridgehead atoms. The lowest BCUT2D eigenvalue weighted by atomic mass is 10.3. The number of hydrogen-bond donors (Lipinski definition) is 1. The van der Waals surface area contributed by atoms with E-state index in [-0.39, 0.29) is 12.5 Å². The summed E-state index contributed by atoms with van der Waals surface area (Å²) < 4.78 is 35.8. The molecule has 0 saturated heterocycles. The summed E-state index contributed by atoms with van der Waals surface area (Å²) in [5.74, 6) is 0. The van der Waals surface area contributed by atoms with Gasteiger partial charge in [0.25, 0.3) is 0 Å². The maximum Gasteiger partial charge on any atom is 0.389 e. The largest absolute Gasteiger partial charge is 0.389 e. The van der Waals surface area contributed by atoms with E-state index in [0.717, 1.165) is 5.01 Å². The number of alkyl halides is 3. The molecule has 0 aromatic carbocycles. The minimum Gasteiger partial charge on any atom is -0.311 e. The van der Waals surface area contributed by atoms with E-state index >= 15 is 0 Å². The van der Waals surface area contributed by atoms with Crippen LogP contribution in [0.15, 0.2) is 0 Å². The second kappa shape index (κ2) is 4.89. The first-order chi connectivity index (χ1) is 6.92. The lowest BCUT2D eigenvalue weighted by molar-refractivity contribution is -0.134. The smallest absolute Gasteiger partial charge is 0.311 e. The molecule has 0 fully saturated rings. The van der Waals surface area contributed by atoms with Crippen molar-refractivity contribution in [3.8, 4) is 0 Å². The average molecular weight is 239 g/mol. The third-order valence-corrected chi connectivity index (χ3v) is 3.07. The molecular formula is C8H12F3N3S. The van der Waals surface area contributed by atoms with Gasteiger partial charge in [-0.3, -0.25) is 0 Å². The molecule has 0 amide bonds. The van der Waals surface area contributed by atoms with Crippen LogP contribution in [-0.4, -0.2) is 23.4 Å². The standard InChI is InChI=1S/C8H12F3N3S/c1-5(12-2)7-14-13-6(15-7)3-4-8(9,10)11/h5,12H,3-4H2,1-2H3. The summed E-state index contributed by atoms with van der Waals surface area (Å²) in [4.78, 5) is 0. The van der Waals surface area contributed by atoms with Gasteiger partial charge in [0.2, 0.25) is 0 Å². The molecular weight excluding hydrogens is 227 g/mol. The van der Waals surface area contributed by atoms with Crippen molar-refractivity contribution in [3.63, 3.8) is 0 Å².